The second-order valence-electron chi connectivity index (χ2n) is 16.1. The minimum Gasteiger partial charge on any atom is -0.497 e. The predicted octanol–water partition coefficient (Wildman–Crippen LogP) is 8.19. The van der Waals surface area contributed by atoms with E-state index in [4.69, 9.17) is 23.4 Å². The van der Waals surface area contributed by atoms with E-state index in [1.165, 1.54) is 9.80 Å². The van der Waals surface area contributed by atoms with Gasteiger partial charge in [-0.2, -0.15) is 0 Å². The summed E-state index contributed by atoms with van der Waals surface area (Å²) in [5.74, 6) is -1.99. The van der Waals surface area contributed by atoms with Crippen molar-refractivity contribution in [3.05, 3.63) is 142 Å². The van der Waals surface area contributed by atoms with Gasteiger partial charge in [0.1, 0.15) is 41.1 Å². The van der Waals surface area contributed by atoms with E-state index >= 15 is 0 Å². The number of anilines is 2. The van der Waals surface area contributed by atoms with Gasteiger partial charge in [0.15, 0.2) is 0 Å². The molecule has 0 radical (unpaired) electrons. The summed E-state index contributed by atoms with van der Waals surface area (Å²) in [7, 11) is 6.41. The van der Waals surface area contributed by atoms with E-state index in [-0.39, 0.29) is 36.7 Å². The van der Waals surface area contributed by atoms with Crippen molar-refractivity contribution >= 4 is 59.3 Å². The van der Waals surface area contributed by atoms with Gasteiger partial charge >= 0.3 is 0 Å². The number of rotatable bonds is 12. The first kappa shape index (κ1) is 41.2. The number of amides is 4. The van der Waals surface area contributed by atoms with Crippen molar-refractivity contribution in [3.63, 3.8) is 0 Å². The number of imide groups is 2. The molecule has 3 heterocycles. The number of aliphatic hydroxyl groups is 1. The van der Waals surface area contributed by atoms with Gasteiger partial charge in [-0.3, -0.25) is 29.0 Å². The predicted molar refractivity (Wildman–Crippen MR) is 237 cm³/mol. The van der Waals surface area contributed by atoms with Crippen LogP contribution in [0.15, 0.2) is 113 Å². The Morgan fingerprint density at radius 1 is 0.587 bits per heavy atom. The van der Waals surface area contributed by atoms with Crippen LogP contribution in [0.2, 0.25) is 0 Å². The molecular weight excluding hydrogens is 801 g/mol. The highest BCUT2D eigenvalue weighted by Gasteiger charge is 2.63. The van der Waals surface area contributed by atoms with Crippen molar-refractivity contribution < 1.29 is 47.6 Å². The van der Waals surface area contributed by atoms with Crippen molar-refractivity contribution in [1.29, 1.82) is 0 Å². The highest BCUT2D eigenvalue weighted by atomic mass is 16.5. The van der Waals surface area contributed by atoms with E-state index < -0.39 is 35.5 Å². The zero-order chi connectivity index (χ0) is 43.9. The van der Waals surface area contributed by atoms with Crippen LogP contribution < -0.4 is 28.7 Å². The van der Waals surface area contributed by atoms with Crippen molar-refractivity contribution in [2.24, 2.45) is 29.6 Å². The first-order valence-corrected chi connectivity index (χ1v) is 20.8. The van der Waals surface area contributed by atoms with E-state index in [9.17, 15) is 24.3 Å². The van der Waals surface area contributed by atoms with Crippen molar-refractivity contribution in [1.82, 2.24) is 0 Å². The molecule has 4 aromatic carbocycles. The first-order valence-electron chi connectivity index (χ1n) is 20.8. The summed E-state index contributed by atoms with van der Waals surface area (Å²) in [6, 6.07) is 28.8. The van der Waals surface area contributed by atoms with Crippen LogP contribution in [0.3, 0.4) is 0 Å². The van der Waals surface area contributed by atoms with Gasteiger partial charge < -0.3 is 28.5 Å². The number of benzene rings is 4. The van der Waals surface area contributed by atoms with E-state index in [0.29, 0.717) is 52.3 Å². The number of ether oxygens (including phenoxy) is 4. The summed E-state index contributed by atoms with van der Waals surface area (Å²) in [5, 5.41) is 9.94. The van der Waals surface area contributed by atoms with Crippen LogP contribution in [0.4, 0.5) is 11.4 Å². The molecular formula is C51H46N2O10. The van der Waals surface area contributed by atoms with Crippen LogP contribution in [-0.2, 0) is 25.8 Å². The molecule has 63 heavy (non-hydrogen) atoms. The molecule has 9 rings (SSSR count). The molecule has 1 saturated carbocycles. The Balaban J connectivity index is 0.987. The van der Waals surface area contributed by atoms with Gasteiger partial charge in [0.2, 0.25) is 23.6 Å². The van der Waals surface area contributed by atoms with Gasteiger partial charge in [-0.05, 0) is 103 Å². The molecule has 12 nitrogen and oxygen atoms in total. The largest absolute Gasteiger partial charge is 0.497 e. The second-order valence-corrected chi connectivity index (χ2v) is 16.1. The fourth-order valence-corrected chi connectivity index (χ4v) is 9.84. The summed E-state index contributed by atoms with van der Waals surface area (Å²) >= 11 is 0. The molecule has 4 aliphatic rings. The number of methoxy groups -OCH3 is 4. The Morgan fingerprint density at radius 2 is 1.11 bits per heavy atom. The second kappa shape index (κ2) is 16.9. The van der Waals surface area contributed by atoms with E-state index in [0.717, 1.165) is 27.8 Å². The SMILES string of the molecule is COc1ccc(OC)c(C=Cc2ccc(N3C(=O)C4CC=C5C(CC6C(=O)N(c7ccc(C=Cc8cc(OC)ccc8OC)cc7)C(=O)C6C5c5ccc(CO)o5)C4C3=O)cc2)c1. The molecule has 6 atom stereocenters. The monoisotopic (exact) mass is 846 g/mol. The highest BCUT2D eigenvalue weighted by Crippen LogP contribution is 2.58. The Morgan fingerprint density at radius 3 is 1.60 bits per heavy atom. The zero-order valence-electron chi connectivity index (χ0n) is 35.2. The molecule has 0 bridgehead atoms. The Labute approximate surface area is 364 Å². The first-order chi connectivity index (χ1) is 30.7. The number of carbonyl (C=O) groups excluding carboxylic acids is 4. The maximum Gasteiger partial charge on any atom is 0.238 e. The van der Waals surface area contributed by atoms with Gasteiger partial charge in [0, 0.05) is 11.1 Å². The van der Waals surface area contributed by atoms with Crippen LogP contribution in [0.5, 0.6) is 23.0 Å². The topological polar surface area (TPSA) is 145 Å². The van der Waals surface area contributed by atoms with Crippen LogP contribution in [0.1, 0.15) is 52.5 Å². The fourth-order valence-electron chi connectivity index (χ4n) is 9.84. The Bertz CT molecular complexity index is 2690. The number of allylic oxidation sites excluding steroid dienone is 2. The van der Waals surface area contributed by atoms with Crippen LogP contribution in [-0.4, -0.2) is 57.2 Å². The summed E-state index contributed by atoms with van der Waals surface area (Å²) in [6.07, 6.45) is 10.1. The fraction of sp³-hybridized carbons (Fsp3) is 0.255. The lowest BCUT2D eigenvalue weighted by atomic mass is 9.58. The van der Waals surface area contributed by atoms with E-state index in [2.05, 4.69) is 0 Å². The Kier molecular flexibility index (Phi) is 11.1. The molecule has 12 heteroatoms. The minimum absolute atomic E-state index is 0.219. The van der Waals surface area contributed by atoms with E-state index in [1.54, 1.807) is 64.8 Å². The van der Waals surface area contributed by atoms with Crippen molar-refractivity contribution in [2.75, 3.05) is 38.2 Å². The number of furan rings is 1. The van der Waals surface area contributed by atoms with Crippen molar-refractivity contribution in [3.8, 4) is 23.0 Å². The maximum absolute atomic E-state index is 14.6. The Hall–Kier alpha value is -7.18. The highest BCUT2D eigenvalue weighted by molar-refractivity contribution is 6.24. The van der Waals surface area contributed by atoms with Crippen LogP contribution >= 0.6 is 0 Å². The number of carbonyl (C=O) groups is 4. The summed E-state index contributed by atoms with van der Waals surface area (Å²) in [4.78, 5) is 60.5. The third-order valence-corrected chi connectivity index (χ3v) is 12.9. The molecule has 1 N–H and O–H groups in total. The van der Waals surface area contributed by atoms with E-state index in [1.807, 2.05) is 91.0 Å². The molecule has 2 aliphatic heterocycles. The minimum atomic E-state index is -0.810. The summed E-state index contributed by atoms with van der Waals surface area (Å²) in [6.45, 7) is -0.343. The summed E-state index contributed by atoms with van der Waals surface area (Å²) in [5.41, 5.74) is 5.03. The lowest BCUT2D eigenvalue weighted by Crippen LogP contribution is -2.43. The third-order valence-electron chi connectivity index (χ3n) is 12.9. The lowest BCUT2D eigenvalue weighted by molar-refractivity contribution is -0.126. The van der Waals surface area contributed by atoms with Gasteiger partial charge in [0.25, 0.3) is 0 Å². The van der Waals surface area contributed by atoms with Gasteiger partial charge in [-0.25, -0.2) is 0 Å². The molecule has 1 aromatic heterocycles. The normalized spacial score (nSPS) is 23.0. The lowest BCUT2D eigenvalue weighted by Gasteiger charge is -2.43. The number of nitrogens with zero attached hydrogens (tertiary/aromatic N) is 2. The van der Waals surface area contributed by atoms with Gasteiger partial charge in [0.05, 0.1) is 69.4 Å². The quantitative estimate of drug-likeness (QED) is 0.0742. The van der Waals surface area contributed by atoms with Crippen LogP contribution in [0.25, 0.3) is 24.3 Å². The molecule has 2 saturated heterocycles. The maximum atomic E-state index is 14.6. The van der Waals surface area contributed by atoms with Crippen molar-refractivity contribution in [2.45, 2.75) is 25.4 Å². The average Bonchev–Trinajstić information content (AvgIpc) is 3.98. The van der Waals surface area contributed by atoms with Crippen LogP contribution in [0, 0.1) is 29.6 Å². The molecule has 2 aliphatic carbocycles. The molecule has 3 fully saturated rings. The average molecular weight is 847 g/mol. The number of hydrogen-bond acceptors (Lipinski definition) is 10. The smallest absolute Gasteiger partial charge is 0.238 e. The number of aliphatic hydroxyl groups excluding tert-OH is 1. The number of hydrogen-bond donors (Lipinski definition) is 1. The molecule has 5 aromatic rings. The zero-order valence-corrected chi connectivity index (χ0v) is 35.2. The molecule has 0 spiro atoms. The molecule has 6 unspecified atom stereocenters. The van der Waals surface area contributed by atoms with Gasteiger partial charge in [-0.1, -0.05) is 60.2 Å². The molecule has 4 amide bonds. The summed E-state index contributed by atoms with van der Waals surface area (Å²) < 4.78 is 27.9. The third kappa shape index (κ3) is 7.29. The van der Waals surface area contributed by atoms with Gasteiger partial charge in [-0.15, -0.1) is 0 Å². The standard InChI is InChI=1S/C51H46N2O10/c1-59-35-17-22-42(61-3)31(25-35)11-5-29-7-13-33(14-8-29)52-48(55)39-21-20-38-40(45(39)50(52)57)27-41-47(46(38)44-24-19-37(28-54)63-44)51(58)53(49(41)56)34-15-9-30(10-16-34)6-12-32-26-36(60-2)18-23-43(32)62-4/h5-20,22-26,39-41,45-47,54H,21,27-28H2,1-4H3. The number of fused-ring (bicyclic) bond motifs is 4. The molecule has 320 valence electrons.